The van der Waals surface area contributed by atoms with Gasteiger partial charge < -0.3 is 20.4 Å². The molecule has 40 heavy (non-hydrogen) atoms. The molecule has 3 heterocycles. The highest BCUT2D eigenvalue weighted by atomic mass is 16.1. The Bertz CT molecular complexity index is 1410. The smallest absolute Gasteiger partial charge is 0.225 e. The molecular weight excluding hydrogens is 502 g/mol. The van der Waals surface area contributed by atoms with Gasteiger partial charge in [0.2, 0.25) is 5.91 Å². The standard InChI is InChI=1S/C30H39N9O/c1-3-37(4-2)18-15-28(40)32-26-13-7-6-12-25(26)30-33-27-14-8-5-11-24(27)29(34-30)31-21-23-22-39(36-35-23)20-19-38-16-9-10-17-38/h5-8,11-14,22H,3-4,9-10,15-21H2,1-2H3,(H,32,40)(H,31,33,34). The molecule has 0 unspecified atom stereocenters. The lowest BCUT2D eigenvalue weighted by atomic mass is 10.1. The summed E-state index contributed by atoms with van der Waals surface area (Å²) in [5.74, 6) is 1.25. The van der Waals surface area contributed by atoms with E-state index in [2.05, 4.69) is 44.6 Å². The number of fused-ring (bicyclic) bond motifs is 1. The van der Waals surface area contributed by atoms with Crippen molar-refractivity contribution >= 4 is 28.3 Å². The molecule has 1 fully saturated rings. The van der Waals surface area contributed by atoms with Crippen LogP contribution in [0.4, 0.5) is 11.5 Å². The predicted octanol–water partition coefficient (Wildman–Crippen LogP) is 4.27. The van der Waals surface area contributed by atoms with E-state index in [-0.39, 0.29) is 5.91 Å². The van der Waals surface area contributed by atoms with Crippen LogP contribution < -0.4 is 10.6 Å². The lowest BCUT2D eigenvalue weighted by molar-refractivity contribution is -0.116. The van der Waals surface area contributed by atoms with Gasteiger partial charge in [-0.3, -0.25) is 9.48 Å². The number of hydrogen-bond acceptors (Lipinski definition) is 8. The van der Waals surface area contributed by atoms with Gasteiger partial charge in [-0.05, 0) is 63.3 Å². The van der Waals surface area contributed by atoms with Crippen molar-refractivity contribution in [3.8, 4) is 11.4 Å². The van der Waals surface area contributed by atoms with E-state index in [1.54, 1.807) is 0 Å². The summed E-state index contributed by atoms with van der Waals surface area (Å²) in [6.07, 6.45) is 5.00. The number of benzene rings is 2. The number of amides is 1. The minimum atomic E-state index is -0.0219. The number of nitrogens with zero attached hydrogens (tertiary/aromatic N) is 7. The third kappa shape index (κ3) is 7.00. The van der Waals surface area contributed by atoms with Crippen molar-refractivity contribution in [3.63, 3.8) is 0 Å². The van der Waals surface area contributed by atoms with Gasteiger partial charge in [0.15, 0.2) is 5.82 Å². The number of para-hydroxylation sites is 2. The molecule has 2 N–H and O–H groups in total. The van der Waals surface area contributed by atoms with Crippen molar-refractivity contribution in [2.75, 3.05) is 49.9 Å². The van der Waals surface area contributed by atoms with Gasteiger partial charge in [0.05, 0.1) is 30.5 Å². The summed E-state index contributed by atoms with van der Waals surface area (Å²) in [6.45, 7) is 11.5. The molecule has 0 saturated carbocycles. The van der Waals surface area contributed by atoms with Crippen molar-refractivity contribution in [1.29, 1.82) is 0 Å². The molecule has 10 heteroatoms. The van der Waals surface area contributed by atoms with Crippen LogP contribution in [-0.4, -0.2) is 79.9 Å². The normalized spacial score (nSPS) is 13.8. The molecule has 2 aromatic heterocycles. The number of hydrogen-bond donors (Lipinski definition) is 2. The van der Waals surface area contributed by atoms with Crippen molar-refractivity contribution < 1.29 is 4.79 Å². The minimum Gasteiger partial charge on any atom is -0.364 e. The molecule has 2 aromatic carbocycles. The van der Waals surface area contributed by atoms with E-state index in [0.717, 1.165) is 60.7 Å². The Balaban J connectivity index is 1.32. The number of aromatic nitrogens is 5. The van der Waals surface area contributed by atoms with Crippen LogP contribution in [0.15, 0.2) is 54.7 Å². The van der Waals surface area contributed by atoms with Crippen LogP contribution in [0.5, 0.6) is 0 Å². The summed E-state index contributed by atoms with van der Waals surface area (Å²) in [7, 11) is 0. The van der Waals surface area contributed by atoms with E-state index in [0.29, 0.717) is 24.5 Å². The zero-order valence-corrected chi connectivity index (χ0v) is 23.5. The quantitative estimate of drug-likeness (QED) is 0.259. The molecule has 4 aromatic rings. The van der Waals surface area contributed by atoms with Gasteiger partial charge in [-0.1, -0.05) is 43.3 Å². The van der Waals surface area contributed by atoms with Crippen molar-refractivity contribution in [3.05, 3.63) is 60.4 Å². The topological polar surface area (TPSA) is 104 Å². The van der Waals surface area contributed by atoms with Gasteiger partial charge in [-0.25, -0.2) is 9.97 Å². The lowest BCUT2D eigenvalue weighted by Crippen LogP contribution is -2.27. The maximum Gasteiger partial charge on any atom is 0.225 e. The number of nitrogens with one attached hydrogen (secondary N) is 2. The SMILES string of the molecule is CCN(CC)CCC(=O)Nc1ccccc1-c1nc(NCc2cn(CCN3CCCC3)nn2)c2ccccc2n1. The molecule has 1 saturated heterocycles. The van der Waals surface area contributed by atoms with Crippen molar-refractivity contribution in [2.24, 2.45) is 0 Å². The number of rotatable bonds is 13. The zero-order valence-electron chi connectivity index (χ0n) is 23.5. The second-order valence-electron chi connectivity index (χ2n) is 10.2. The predicted molar refractivity (Wildman–Crippen MR) is 159 cm³/mol. The fourth-order valence-corrected chi connectivity index (χ4v) is 5.08. The molecule has 1 amide bonds. The molecule has 210 valence electrons. The first kappa shape index (κ1) is 27.7. The molecule has 5 rings (SSSR count). The summed E-state index contributed by atoms with van der Waals surface area (Å²) in [5.41, 5.74) is 3.16. The second-order valence-corrected chi connectivity index (χ2v) is 10.2. The van der Waals surface area contributed by atoms with Crippen LogP contribution in [-0.2, 0) is 17.9 Å². The maximum atomic E-state index is 12.8. The monoisotopic (exact) mass is 541 g/mol. The molecule has 1 aliphatic rings. The number of anilines is 2. The third-order valence-electron chi connectivity index (χ3n) is 7.46. The first-order valence-corrected chi connectivity index (χ1v) is 14.4. The zero-order chi connectivity index (χ0) is 27.7. The van der Waals surface area contributed by atoms with Crippen LogP contribution in [0.25, 0.3) is 22.3 Å². The Morgan fingerprint density at radius 3 is 2.58 bits per heavy atom. The van der Waals surface area contributed by atoms with Gasteiger partial charge in [0.1, 0.15) is 11.5 Å². The average molecular weight is 542 g/mol. The Morgan fingerprint density at radius 2 is 1.75 bits per heavy atom. The van der Waals surface area contributed by atoms with Crippen LogP contribution in [0.2, 0.25) is 0 Å². The molecule has 10 nitrogen and oxygen atoms in total. The largest absolute Gasteiger partial charge is 0.364 e. The van der Waals surface area contributed by atoms with Gasteiger partial charge in [-0.15, -0.1) is 5.10 Å². The lowest BCUT2D eigenvalue weighted by Gasteiger charge is -2.18. The third-order valence-corrected chi connectivity index (χ3v) is 7.46. The van der Waals surface area contributed by atoms with Gasteiger partial charge in [0.25, 0.3) is 0 Å². The molecular formula is C30H39N9O. The fraction of sp³-hybridized carbons (Fsp3) is 0.433. The molecule has 1 aliphatic heterocycles. The van der Waals surface area contributed by atoms with Crippen molar-refractivity contribution in [2.45, 2.75) is 46.2 Å². The van der Waals surface area contributed by atoms with Gasteiger partial charge in [0, 0.05) is 30.5 Å². The van der Waals surface area contributed by atoms with Gasteiger partial charge >= 0.3 is 0 Å². The Labute approximate surface area is 235 Å². The number of likely N-dealkylation sites (tertiary alicyclic amines) is 1. The van der Waals surface area contributed by atoms with E-state index in [1.807, 2.05) is 59.4 Å². The summed E-state index contributed by atoms with van der Waals surface area (Å²) >= 11 is 0. The van der Waals surface area contributed by atoms with Gasteiger partial charge in [-0.2, -0.15) is 0 Å². The maximum absolute atomic E-state index is 12.8. The van der Waals surface area contributed by atoms with E-state index < -0.39 is 0 Å². The second kappa shape index (κ2) is 13.5. The summed E-state index contributed by atoms with van der Waals surface area (Å²) in [6, 6.07) is 15.6. The van der Waals surface area contributed by atoms with E-state index >= 15 is 0 Å². The minimum absolute atomic E-state index is 0.0219. The molecule has 0 radical (unpaired) electrons. The van der Waals surface area contributed by atoms with Crippen LogP contribution in [0.3, 0.4) is 0 Å². The molecule has 0 atom stereocenters. The summed E-state index contributed by atoms with van der Waals surface area (Å²) in [5, 5.41) is 16.1. The van der Waals surface area contributed by atoms with E-state index in [4.69, 9.17) is 9.97 Å². The first-order valence-electron chi connectivity index (χ1n) is 14.4. The highest BCUT2D eigenvalue weighted by Gasteiger charge is 2.15. The molecule has 0 spiro atoms. The van der Waals surface area contributed by atoms with Crippen LogP contribution in [0.1, 0.15) is 38.8 Å². The Kier molecular flexibility index (Phi) is 9.30. The number of carbonyl (C=O) groups is 1. The summed E-state index contributed by atoms with van der Waals surface area (Å²) < 4.78 is 1.91. The number of carbonyl (C=O) groups excluding carboxylic acids is 1. The Hall–Kier alpha value is -3.89. The van der Waals surface area contributed by atoms with Crippen molar-refractivity contribution in [1.82, 2.24) is 34.8 Å². The van der Waals surface area contributed by atoms with E-state index in [1.165, 1.54) is 25.9 Å². The van der Waals surface area contributed by atoms with E-state index in [9.17, 15) is 4.79 Å². The summed E-state index contributed by atoms with van der Waals surface area (Å²) in [4.78, 5) is 27.3. The first-order chi connectivity index (χ1) is 19.6. The molecule has 0 bridgehead atoms. The highest BCUT2D eigenvalue weighted by molar-refractivity contribution is 5.96. The molecule has 0 aliphatic carbocycles. The highest BCUT2D eigenvalue weighted by Crippen LogP contribution is 2.30. The average Bonchev–Trinajstić information content (AvgIpc) is 3.68. The Morgan fingerprint density at radius 1 is 0.975 bits per heavy atom. The van der Waals surface area contributed by atoms with Crippen LogP contribution in [0, 0.1) is 0 Å². The fourth-order valence-electron chi connectivity index (χ4n) is 5.08. The van der Waals surface area contributed by atoms with Crippen LogP contribution >= 0.6 is 0 Å².